The summed E-state index contributed by atoms with van der Waals surface area (Å²) in [5.74, 6) is 0.418. The van der Waals surface area contributed by atoms with E-state index in [1.165, 1.54) is 16.7 Å². The third-order valence-electron chi connectivity index (χ3n) is 2.90. The van der Waals surface area contributed by atoms with E-state index in [0.29, 0.717) is 5.92 Å². The van der Waals surface area contributed by atoms with Gasteiger partial charge in [-0.15, -0.1) is 0 Å². The third-order valence-corrected chi connectivity index (χ3v) is 2.90. The lowest BCUT2D eigenvalue weighted by molar-refractivity contribution is 1.08. The molecule has 0 fully saturated rings. The molecule has 0 aromatic heterocycles. The zero-order chi connectivity index (χ0) is 10.1. The summed E-state index contributed by atoms with van der Waals surface area (Å²) in [4.78, 5) is 0. The Labute approximate surface area is 89.9 Å². The molecule has 2 bridgehead atoms. The summed E-state index contributed by atoms with van der Waals surface area (Å²) >= 11 is 0. The van der Waals surface area contributed by atoms with Crippen LogP contribution in [0, 0.1) is 0 Å². The monoisotopic (exact) mass is 192 g/mol. The zero-order valence-corrected chi connectivity index (χ0v) is 8.43. The van der Waals surface area contributed by atoms with Crippen LogP contribution < -0.4 is 0 Å². The Morgan fingerprint density at radius 3 is 2.80 bits per heavy atom. The fourth-order valence-electron chi connectivity index (χ4n) is 2.13. The lowest BCUT2D eigenvalue weighted by atomic mass is 9.94. The Bertz CT molecular complexity index is 499. The molecule has 0 heteroatoms. The molecule has 1 aromatic carbocycles. The second-order valence-electron chi connectivity index (χ2n) is 3.90. The van der Waals surface area contributed by atoms with Crippen molar-refractivity contribution >= 4 is 6.08 Å². The average Bonchev–Trinajstić information content (AvgIpc) is 2.61. The summed E-state index contributed by atoms with van der Waals surface area (Å²) in [6.45, 7) is 0. The van der Waals surface area contributed by atoms with Gasteiger partial charge in [-0.2, -0.15) is 0 Å². The highest BCUT2D eigenvalue weighted by molar-refractivity contribution is 5.63. The molecular weight excluding hydrogens is 180 g/mol. The largest absolute Gasteiger partial charge is 0.0732 e. The van der Waals surface area contributed by atoms with E-state index in [2.05, 4.69) is 66.8 Å². The van der Waals surface area contributed by atoms with Gasteiger partial charge in [-0.3, -0.25) is 0 Å². The average molecular weight is 192 g/mol. The lowest BCUT2D eigenvalue weighted by Crippen LogP contribution is -1.93. The maximum atomic E-state index is 2.31. The van der Waals surface area contributed by atoms with Crippen molar-refractivity contribution in [2.75, 3.05) is 0 Å². The van der Waals surface area contributed by atoms with Gasteiger partial charge in [-0.1, -0.05) is 66.8 Å². The predicted molar refractivity (Wildman–Crippen MR) is 64.6 cm³/mol. The van der Waals surface area contributed by atoms with E-state index < -0.39 is 0 Å². The van der Waals surface area contributed by atoms with Crippen molar-refractivity contribution in [2.45, 2.75) is 5.92 Å². The first-order chi connectivity index (χ1) is 7.43. The van der Waals surface area contributed by atoms with Crippen molar-refractivity contribution in [3.63, 3.8) is 0 Å². The van der Waals surface area contributed by atoms with Crippen molar-refractivity contribution in [1.82, 2.24) is 0 Å². The van der Waals surface area contributed by atoms with Crippen LogP contribution in [0.1, 0.15) is 17.0 Å². The Balaban J connectivity index is 2.21. The first-order valence-electron chi connectivity index (χ1n) is 5.27. The quantitative estimate of drug-likeness (QED) is 0.585. The van der Waals surface area contributed by atoms with Gasteiger partial charge in [0.2, 0.25) is 0 Å². The van der Waals surface area contributed by atoms with Gasteiger partial charge < -0.3 is 0 Å². The number of fused-ring (bicyclic) bond motifs is 3. The molecule has 1 atom stereocenters. The molecule has 15 heavy (non-hydrogen) atoms. The summed E-state index contributed by atoms with van der Waals surface area (Å²) in [7, 11) is 0. The molecule has 0 heterocycles. The van der Waals surface area contributed by atoms with Crippen molar-refractivity contribution in [1.29, 1.82) is 0 Å². The van der Waals surface area contributed by atoms with E-state index in [1.54, 1.807) is 0 Å². The van der Waals surface area contributed by atoms with E-state index in [1.807, 2.05) is 0 Å². The molecule has 1 unspecified atom stereocenters. The standard InChI is InChI=1S/C15H12/c1-2-7-14-11-12(5-1)9-10-13-6-3-4-8-15(13)14/h1-11,14H. The Kier molecular flexibility index (Phi) is 1.92. The predicted octanol–water partition coefficient (Wildman–Crippen LogP) is 3.85. The van der Waals surface area contributed by atoms with E-state index >= 15 is 0 Å². The molecule has 1 aromatic rings. The van der Waals surface area contributed by atoms with Gasteiger partial charge in [0.1, 0.15) is 0 Å². The molecule has 0 radical (unpaired) electrons. The number of allylic oxidation sites excluding steroid dienone is 7. The second-order valence-corrected chi connectivity index (χ2v) is 3.90. The SMILES string of the molecule is C1=CC2=CC(C=C1)c1ccccc1C=C2. The minimum absolute atomic E-state index is 0.418. The van der Waals surface area contributed by atoms with Crippen molar-refractivity contribution in [3.8, 4) is 0 Å². The maximum Gasteiger partial charge on any atom is 0.0216 e. The topological polar surface area (TPSA) is 0 Å². The highest BCUT2D eigenvalue weighted by Crippen LogP contribution is 2.30. The number of rotatable bonds is 0. The first-order valence-corrected chi connectivity index (χ1v) is 5.27. The van der Waals surface area contributed by atoms with Crippen LogP contribution in [-0.4, -0.2) is 0 Å². The zero-order valence-electron chi connectivity index (χ0n) is 8.43. The summed E-state index contributed by atoms with van der Waals surface area (Å²) in [6, 6.07) is 8.59. The van der Waals surface area contributed by atoms with Crippen molar-refractivity contribution < 1.29 is 0 Å². The molecule has 0 N–H and O–H groups in total. The molecule has 0 spiro atoms. The Morgan fingerprint density at radius 1 is 0.867 bits per heavy atom. The summed E-state index contributed by atoms with van der Waals surface area (Å²) in [5, 5.41) is 0. The summed E-state index contributed by atoms with van der Waals surface area (Å²) in [6.07, 6.45) is 15.3. The molecule has 3 rings (SSSR count). The number of benzene rings is 1. The van der Waals surface area contributed by atoms with Gasteiger partial charge >= 0.3 is 0 Å². The maximum absolute atomic E-state index is 2.31. The molecule has 72 valence electrons. The molecule has 2 aliphatic carbocycles. The van der Waals surface area contributed by atoms with Gasteiger partial charge in [-0.25, -0.2) is 0 Å². The van der Waals surface area contributed by atoms with Crippen LogP contribution in [0.15, 0.2) is 66.3 Å². The van der Waals surface area contributed by atoms with Gasteiger partial charge in [0.25, 0.3) is 0 Å². The molecular formula is C15H12. The minimum atomic E-state index is 0.418. The third kappa shape index (κ3) is 1.48. The van der Waals surface area contributed by atoms with E-state index in [4.69, 9.17) is 0 Å². The minimum Gasteiger partial charge on any atom is -0.0732 e. The van der Waals surface area contributed by atoms with E-state index in [0.717, 1.165) is 0 Å². The highest BCUT2D eigenvalue weighted by Gasteiger charge is 2.12. The number of hydrogen-bond donors (Lipinski definition) is 0. The van der Waals surface area contributed by atoms with Crippen molar-refractivity contribution in [2.24, 2.45) is 0 Å². The fourth-order valence-corrected chi connectivity index (χ4v) is 2.13. The molecule has 0 aliphatic heterocycles. The first kappa shape index (κ1) is 8.49. The molecule has 0 nitrogen and oxygen atoms in total. The smallest absolute Gasteiger partial charge is 0.0216 e. The van der Waals surface area contributed by atoms with Gasteiger partial charge in [-0.05, 0) is 16.7 Å². The molecule has 2 aliphatic rings. The van der Waals surface area contributed by atoms with Crippen LogP contribution in [0.5, 0.6) is 0 Å². The van der Waals surface area contributed by atoms with Crippen LogP contribution in [0.4, 0.5) is 0 Å². The van der Waals surface area contributed by atoms with Gasteiger partial charge in [0.15, 0.2) is 0 Å². The Hall–Kier alpha value is -1.82. The lowest BCUT2D eigenvalue weighted by Gasteiger charge is -2.10. The molecule has 0 saturated carbocycles. The van der Waals surface area contributed by atoms with Crippen molar-refractivity contribution in [3.05, 3.63) is 77.4 Å². The molecule has 0 saturated heterocycles. The van der Waals surface area contributed by atoms with Gasteiger partial charge in [0, 0.05) is 5.92 Å². The fraction of sp³-hybridized carbons (Fsp3) is 0.0667. The van der Waals surface area contributed by atoms with Gasteiger partial charge in [0.05, 0.1) is 0 Å². The normalized spacial score (nSPS) is 21.6. The van der Waals surface area contributed by atoms with E-state index in [-0.39, 0.29) is 0 Å². The second kappa shape index (κ2) is 3.39. The molecule has 0 amide bonds. The van der Waals surface area contributed by atoms with Crippen LogP contribution in [-0.2, 0) is 0 Å². The summed E-state index contributed by atoms with van der Waals surface area (Å²) in [5.41, 5.74) is 4.01. The van der Waals surface area contributed by atoms with E-state index in [9.17, 15) is 0 Å². The summed E-state index contributed by atoms with van der Waals surface area (Å²) < 4.78 is 0. The highest BCUT2D eigenvalue weighted by atomic mass is 14.2. The van der Waals surface area contributed by atoms with Crippen LogP contribution in [0.2, 0.25) is 0 Å². The van der Waals surface area contributed by atoms with Crippen LogP contribution >= 0.6 is 0 Å². The number of hydrogen-bond acceptors (Lipinski definition) is 0. The Morgan fingerprint density at radius 2 is 1.80 bits per heavy atom. The van der Waals surface area contributed by atoms with Crippen LogP contribution in [0.25, 0.3) is 6.08 Å². The van der Waals surface area contributed by atoms with Crippen LogP contribution in [0.3, 0.4) is 0 Å².